The Hall–Kier alpha value is -1.78. The average Bonchev–Trinajstić information content (AvgIpc) is 3.35. The van der Waals surface area contributed by atoms with Crippen molar-refractivity contribution in [2.45, 2.75) is 64.5 Å². The number of hydrogen-bond donors (Lipinski definition) is 0. The van der Waals surface area contributed by atoms with Crippen molar-refractivity contribution >= 4 is 11.8 Å². The number of aryl methyl sites for hydroxylation is 2. The molecular weight excluding hydrogens is 304 g/mol. The standard InChI is InChI=1S/C19H26N2O3/c1-3-16-12(2)10-17(24-16)19(23)20-9-8-15-13(11-20)4-7-18(22)21(15)14-5-6-14/h10,13-15H,3-9,11H2,1-2H3/t13-,15-/m1/s1. The predicted molar refractivity (Wildman–Crippen MR) is 89.7 cm³/mol. The Morgan fingerprint density at radius 1 is 1.29 bits per heavy atom. The highest BCUT2D eigenvalue weighted by molar-refractivity contribution is 5.92. The van der Waals surface area contributed by atoms with Gasteiger partial charge in [-0.2, -0.15) is 0 Å². The van der Waals surface area contributed by atoms with Crippen LogP contribution < -0.4 is 0 Å². The number of hydrogen-bond acceptors (Lipinski definition) is 3. The summed E-state index contributed by atoms with van der Waals surface area (Å²) in [6, 6.07) is 2.69. The van der Waals surface area contributed by atoms with E-state index in [0.29, 0.717) is 36.1 Å². The number of carbonyl (C=O) groups is 2. The molecule has 3 heterocycles. The molecule has 0 spiro atoms. The van der Waals surface area contributed by atoms with Gasteiger partial charge in [0.1, 0.15) is 5.76 Å². The lowest BCUT2D eigenvalue weighted by molar-refractivity contribution is -0.141. The molecule has 2 amide bonds. The zero-order valence-corrected chi connectivity index (χ0v) is 14.6. The molecule has 24 heavy (non-hydrogen) atoms. The quantitative estimate of drug-likeness (QED) is 0.856. The number of furan rings is 1. The highest BCUT2D eigenvalue weighted by Gasteiger charge is 2.46. The Morgan fingerprint density at radius 2 is 2.08 bits per heavy atom. The van der Waals surface area contributed by atoms with E-state index in [-0.39, 0.29) is 5.91 Å². The molecule has 2 aliphatic heterocycles. The Balaban J connectivity index is 1.47. The van der Waals surface area contributed by atoms with E-state index < -0.39 is 0 Å². The smallest absolute Gasteiger partial charge is 0.289 e. The van der Waals surface area contributed by atoms with Crippen LogP contribution >= 0.6 is 0 Å². The van der Waals surface area contributed by atoms with Crippen LogP contribution in [0.25, 0.3) is 0 Å². The number of nitrogens with zero attached hydrogens (tertiary/aromatic N) is 2. The fraction of sp³-hybridized carbons (Fsp3) is 0.684. The van der Waals surface area contributed by atoms with Crippen LogP contribution in [0.4, 0.5) is 0 Å². The number of piperidine rings is 2. The van der Waals surface area contributed by atoms with Crippen LogP contribution in [0.1, 0.15) is 60.9 Å². The van der Waals surface area contributed by atoms with Crippen LogP contribution in [0.15, 0.2) is 10.5 Å². The van der Waals surface area contributed by atoms with E-state index in [9.17, 15) is 9.59 Å². The van der Waals surface area contributed by atoms with Gasteiger partial charge in [-0.05, 0) is 50.2 Å². The van der Waals surface area contributed by atoms with Crippen LogP contribution in [0, 0.1) is 12.8 Å². The average molecular weight is 330 g/mol. The minimum Gasteiger partial charge on any atom is -0.456 e. The van der Waals surface area contributed by atoms with Gasteiger partial charge >= 0.3 is 0 Å². The molecule has 3 aliphatic rings. The molecule has 2 atom stereocenters. The van der Waals surface area contributed by atoms with Gasteiger partial charge in [0.25, 0.3) is 5.91 Å². The lowest BCUT2D eigenvalue weighted by Gasteiger charge is -2.47. The SMILES string of the molecule is CCc1oc(C(=O)N2CC[C@@H]3[C@H](CCC(=O)N3C3CC3)C2)cc1C. The molecule has 5 heteroatoms. The van der Waals surface area contributed by atoms with Gasteiger partial charge in [-0.1, -0.05) is 6.92 Å². The molecule has 0 bridgehead atoms. The van der Waals surface area contributed by atoms with Gasteiger partial charge in [0.05, 0.1) is 0 Å². The number of carbonyl (C=O) groups excluding carboxylic acids is 2. The molecule has 1 aromatic heterocycles. The molecular formula is C19H26N2O3. The van der Waals surface area contributed by atoms with Crippen LogP contribution in [-0.4, -0.2) is 46.8 Å². The first kappa shape index (κ1) is 15.7. The van der Waals surface area contributed by atoms with Gasteiger partial charge in [0, 0.05) is 38.0 Å². The van der Waals surface area contributed by atoms with Crippen molar-refractivity contribution < 1.29 is 14.0 Å². The summed E-state index contributed by atoms with van der Waals surface area (Å²) in [7, 11) is 0. The van der Waals surface area contributed by atoms with Gasteiger partial charge in [-0.3, -0.25) is 9.59 Å². The Morgan fingerprint density at radius 3 is 2.75 bits per heavy atom. The fourth-order valence-electron chi connectivity index (χ4n) is 4.44. The lowest BCUT2D eigenvalue weighted by atomic mass is 9.83. The molecule has 0 N–H and O–H groups in total. The molecule has 1 saturated carbocycles. The molecule has 0 radical (unpaired) electrons. The first-order valence-electron chi connectivity index (χ1n) is 9.28. The zero-order chi connectivity index (χ0) is 16.8. The van der Waals surface area contributed by atoms with Gasteiger partial charge in [0.2, 0.25) is 5.91 Å². The second-order valence-corrected chi connectivity index (χ2v) is 7.51. The Kier molecular flexibility index (Phi) is 3.89. The second kappa shape index (κ2) is 5.94. The molecule has 5 nitrogen and oxygen atoms in total. The minimum absolute atomic E-state index is 0.00567. The molecule has 1 aliphatic carbocycles. The van der Waals surface area contributed by atoms with Crippen LogP contribution in [-0.2, 0) is 11.2 Å². The van der Waals surface area contributed by atoms with Gasteiger partial charge in [-0.15, -0.1) is 0 Å². The van der Waals surface area contributed by atoms with E-state index in [4.69, 9.17) is 4.42 Å². The van der Waals surface area contributed by atoms with Crippen molar-refractivity contribution in [3.63, 3.8) is 0 Å². The van der Waals surface area contributed by atoms with E-state index in [1.807, 2.05) is 24.8 Å². The number of fused-ring (bicyclic) bond motifs is 1. The first-order valence-corrected chi connectivity index (χ1v) is 9.28. The third kappa shape index (κ3) is 2.64. The van der Waals surface area contributed by atoms with Crippen molar-refractivity contribution in [1.29, 1.82) is 0 Å². The van der Waals surface area contributed by atoms with Gasteiger partial charge in [-0.25, -0.2) is 0 Å². The summed E-state index contributed by atoms with van der Waals surface area (Å²) in [5.41, 5.74) is 1.05. The van der Waals surface area contributed by atoms with E-state index in [2.05, 4.69) is 4.90 Å². The Bertz CT molecular complexity index is 662. The topological polar surface area (TPSA) is 53.8 Å². The minimum atomic E-state index is 0.00567. The van der Waals surface area contributed by atoms with Crippen LogP contribution in [0.2, 0.25) is 0 Å². The molecule has 0 aromatic carbocycles. The van der Waals surface area contributed by atoms with E-state index in [1.165, 1.54) is 0 Å². The summed E-state index contributed by atoms with van der Waals surface area (Å²) in [6.45, 7) is 5.50. The van der Waals surface area contributed by atoms with Crippen molar-refractivity contribution in [1.82, 2.24) is 9.80 Å². The number of likely N-dealkylation sites (tertiary alicyclic amines) is 2. The maximum absolute atomic E-state index is 12.8. The highest BCUT2D eigenvalue weighted by atomic mass is 16.4. The fourth-order valence-corrected chi connectivity index (χ4v) is 4.44. The largest absolute Gasteiger partial charge is 0.456 e. The number of rotatable bonds is 3. The molecule has 1 aromatic rings. The van der Waals surface area contributed by atoms with E-state index in [1.54, 1.807) is 0 Å². The molecule has 130 valence electrons. The van der Waals surface area contributed by atoms with Crippen molar-refractivity contribution in [3.05, 3.63) is 23.2 Å². The molecule has 4 rings (SSSR count). The summed E-state index contributed by atoms with van der Waals surface area (Å²) in [4.78, 5) is 29.2. The zero-order valence-electron chi connectivity index (χ0n) is 14.6. The number of amides is 2. The predicted octanol–water partition coefficient (Wildman–Crippen LogP) is 2.77. The third-order valence-electron chi connectivity index (χ3n) is 5.85. The Labute approximate surface area is 143 Å². The monoisotopic (exact) mass is 330 g/mol. The van der Waals surface area contributed by atoms with E-state index >= 15 is 0 Å². The van der Waals surface area contributed by atoms with Crippen LogP contribution in [0.5, 0.6) is 0 Å². The van der Waals surface area contributed by atoms with Crippen molar-refractivity contribution in [2.24, 2.45) is 5.92 Å². The molecule has 2 saturated heterocycles. The summed E-state index contributed by atoms with van der Waals surface area (Å²) < 4.78 is 5.75. The first-order chi connectivity index (χ1) is 11.6. The maximum Gasteiger partial charge on any atom is 0.289 e. The maximum atomic E-state index is 12.8. The van der Waals surface area contributed by atoms with Crippen molar-refractivity contribution in [3.8, 4) is 0 Å². The summed E-state index contributed by atoms with van der Waals surface area (Å²) in [5, 5.41) is 0. The summed E-state index contributed by atoms with van der Waals surface area (Å²) in [5.74, 6) is 2.12. The van der Waals surface area contributed by atoms with E-state index in [0.717, 1.165) is 56.5 Å². The molecule has 0 unspecified atom stereocenters. The highest BCUT2D eigenvalue weighted by Crippen LogP contribution is 2.39. The lowest BCUT2D eigenvalue weighted by Crippen LogP contribution is -2.57. The summed E-state index contributed by atoms with van der Waals surface area (Å²) >= 11 is 0. The van der Waals surface area contributed by atoms with Gasteiger partial charge in [0.15, 0.2) is 5.76 Å². The summed E-state index contributed by atoms with van der Waals surface area (Å²) in [6.07, 6.45) is 5.57. The third-order valence-corrected chi connectivity index (χ3v) is 5.85. The second-order valence-electron chi connectivity index (χ2n) is 7.51. The molecule has 3 fully saturated rings. The van der Waals surface area contributed by atoms with Crippen LogP contribution in [0.3, 0.4) is 0 Å². The van der Waals surface area contributed by atoms with Crippen molar-refractivity contribution in [2.75, 3.05) is 13.1 Å². The van der Waals surface area contributed by atoms with Gasteiger partial charge < -0.3 is 14.2 Å². The normalized spacial score (nSPS) is 27.3.